The second-order valence-electron chi connectivity index (χ2n) is 3.94. The number of hydrogen-bond donors (Lipinski definition) is 1. The fraction of sp³-hybridized carbons (Fsp3) is 0.231. The molecule has 0 saturated carbocycles. The Bertz CT molecular complexity index is 602. The van der Waals surface area contributed by atoms with Crippen LogP contribution >= 0.6 is 0 Å². The third-order valence-corrected chi connectivity index (χ3v) is 2.97. The molecule has 0 amide bonds. The highest BCUT2D eigenvalue weighted by molar-refractivity contribution is 5.84. The van der Waals surface area contributed by atoms with E-state index in [0.717, 1.165) is 0 Å². The fourth-order valence-corrected chi connectivity index (χ4v) is 2.30. The van der Waals surface area contributed by atoms with Gasteiger partial charge in [0.1, 0.15) is 0 Å². The maximum absolute atomic E-state index is 3.47. The van der Waals surface area contributed by atoms with Crippen molar-refractivity contribution in [2.45, 2.75) is 19.8 Å². The number of aromatic amines is 1. The van der Waals surface area contributed by atoms with Gasteiger partial charge >= 0.3 is 0 Å². The standard InChI is InChI=1S/C13H13N/c1-9-5-4-8-12-13(9)10-6-2-3-7-11(10)14-12/h4-8,14H,2-3H2,1H3. The minimum atomic E-state index is 1.17. The van der Waals surface area contributed by atoms with Crippen LogP contribution in [0.3, 0.4) is 0 Å². The molecule has 2 aromatic rings. The van der Waals surface area contributed by atoms with Crippen molar-refractivity contribution < 1.29 is 0 Å². The minimum absolute atomic E-state index is 1.17. The van der Waals surface area contributed by atoms with Gasteiger partial charge in [0.2, 0.25) is 0 Å². The molecule has 0 spiro atoms. The highest BCUT2D eigenvalue weighted by atomic mass is 14.7. The van der Waals surface area contributed by atoms with Crippen LogP contribution in [-0.2, 0) is 0 Å². The summed E-state index contributed by atoms with van der Waals surface area (Å²) in [5.41, 5.74) is 2.64. The molecule has 1 aromatic carbocycles. The Morgan fingerprint density at radius 1 is 1.14 bits per heavy atom. The molecule has 1 aliphatic carbocycles. The van der Waals surface area contributed by atoms with Gasteiger partial charge in [0, 0.05) is 21.5 Å². The van der Waals surface area contributed by atoms with Crippen molar-refractivity contribution >= 4 is 23.1 Å². The second-order valence-corrected chi connectivity index (χ2v) is 3.94. The van der Waals surface area contributed by atoms with Gasteiger partial charge in [-0.05, 0) is 31.4 Å². The summed E-state index contributed by atoms with van der Waals surface area (Å²) in [5, 5.41) is 4.11. The van der Waals surface area contributed by atoms with E-state index in [1.165, 1.54) is 39.9 Å². The van der Waals surface area contributed by atoms with Gasteiger partial charge in [0.05, 0.1) is 0 Å². The molecular weight excluding hydrogens is 170 g/mol. The van der Waals surface area contributed by atoms with Gasteiger partial charge < -0.3 is 4.98 Å². The molecular formula is C13H13N. The smallest absolute Gasteiger partial charge is 0.0467 e. The predicted molar refractivity (Wildman–Crippen MR) is 60.4 cm³/mol. The molecule has 0 fully saturated rings. The molecule has 1 aromatic heterocycles. The monoisotopic (exact) mass is 183 g/mol. The van der Waals surface area contributed by atoms with E-state index in [9.17, 15) is 0 Å². The third kappa shape index (κ3) is 0.955. The number of nitrogens with one attached hydrogen (secondary N) is 1. The van der Waals surface area contributed by atoms with E-state index in [4.69, 9.17) is 0 Å². The van der Waals surface area contributed by atoms with Crippen LogP contribution in [0.4, 0.5) is 0 Å². The summed E-state index contributed by atoms with van der Waals surface area (Å²) in [6.45, 7) is 2.18. The summed E-state index contributed by atoms with van der Waals surface area (Å²) < 4.78 is 0. The molecule has 14 heavy (non-hydrogen) atoms. The molecule has 1 N–H and O–H groups in total. The van der Waals surface area contributed by atoms with E-state index in [1.54, 1.807) is 0 Å². The second kappa shape index (κ2) is 2.74. The van der Waals surface area contributed by atoms with E-state index in [2.05, 4.69) is 42.3 Å². The van der Waals surface area contributed by atoms with Crippen LogP contribution in [0.15, 0.2) is 18.2 Å². The van der Waals surface area contributed by atoms with Gasteiger partial charge in [-0.3, -0.25) is 0 Å². The van der Waals surface area contributed by atoms with E-state index in [0.29, 0.717) is 0 Å². The largest absolute Gasteiger partial charge is 0.355 e. The summed E-state index contributed by atoms with van der Waals surface area (Å²) in [4.78, 5) is 3.47. The van der Waals surface area contributed by atoms with Crippen molar-refractivity contribution in [2.75, 3.05) is 0 Å². The lowest BCUT2D eigenvalue weighted by Crippen LogP contribution is -2.24. The molecule has 0 bridgehead atoms. The average Bonchev–Trinajstić information content (AvgIpc) is 2.57. The summed E-state index contributed by atoms with van der Waals surface area (Å²) in [5.74, 6) is 0. The number of benzene rings is 1. The Morgan fingerprint density at radius 3 is 2.93 bits per heavy atom. The van der Waals surface area contributed by atoms with Crippen molar-refractivity contribution in [2.24, 2.45) is 0 Å². The summed E-state index contributed by atoms with van der Waals surface area (Å²) in [6, 6.07) is 6.45. The Labute approximate surface area is 82.8 Å². The maximum Gasteiger partial charge on any atom is 0.0467 e. The first kappa shape index (κ1) is 7.86. The van der Waals surface area contributed by atoms with Crippen LogP contribution in [0.5, 0.6) is 0 Å². The van der Waals surface area contributed by atoms with Gasteiger partial charge in [0.15, 0.2) is 0 Å². The van der Waals surface area contributed by atoms with E-state index >= 15 is 0 Å². The molecule has 0 radical (unpaired) electrons. The predicted octanol–water partition coefficient (Wildman–Crippen LogP) is 1.83. The van der Waals surface area contributed by atoms with Gasteiger partial charge in [-0.15, -0.1) is 0 Å². The van der Waals surface area contributed by atoms with Crippen LogP contribution in [0, 0.1) is 6.92 Å². The van der Waals surface area contributed by atoms with Gasteiger partial charge in [0.25, 0.3) is 0 Å². The lowest BCUT2D eigenvalue weighted by atomic mass is 10.1. The number of rotatable bonds is 0. The molecule has 0 aliphatic heterocycles. The molecule has 1 heterocycles. The average molecular weight is 183 g/mol. The Balaban J connectivity index is 2.64. The maximum atomic E-state index is 3.47. The highest BCUT2D eigenvalue weighted by Gasteiger charge is 2.04. The first-order valence-corrected chi connectivity index (χ1v) is 5.14. The van der Waals surface area contributed by atoms with Crippen LogP contribution in [0.2, 0.25) is 0 Å². The zero-order valence-corrected chi connectivity index (χ0v) is 8.30. The zero-order chi connectivity index (χ0) is 9.54. The van der Waals surface area contributed by atoms with Crippen LogP contribution in [-0.4, -0.2) is 4.98 Å². The molecule has 3 rings (SSSR count). The summed E-state index contributed by atoms with van der Waals surface area (Å²) >= 11 is 0. The summed E-state index contributed by atoms with van der Waals surface area (Å²) in [6.07, 6.45) is 6.99. The van der Waals surface area contributed by atoms with Crippen molar-refractivity contribution in [3.05, 3.63) is 34.3 Å². The quantitative estimate of drug-likeness (QED) is 0.641. The first-order chi connectivity index (χ1) is 6.86. The van der Waals surface area contributed by atoms with E-state index in [-0.39, 0.29) is 0 Å². The van der Waals surface area contributed by atoms with Crippen molar-refractivity contribution in [3.63, 3.8) is 0 Å². The van der Waals surface area contributed by atoms with Crippen LogP contribution in [0.1, 0.15) is 18.4 Å². The van der Waals surface area contributed by atoms with Crippen molar-refractivity contribution in [3.8, 4) is 0 Å². The molecule has 70 valence electrons. The molecule has 0 saturated heterocycles. The SMILES string of the molecule is Cc1cccc2[nH]c3c(c12)=CCCC=3. The lowest BCUT2D eigenvalue weighted by molar-refractivity contribution is 1.11. The number of aromatic nitrogens is 1. The summed E-state index contributed by atoms with van der Waals surface area (Å²) in [7, 11) is 0. The number of fused-ring (bicyclic) bond motifs is 3. The Kier molecular flexibility index (Phi) is 1.54. The molecule has 1 heteroatoms. The minimum Gasteiger partial charge on any atom is -0.355 e. The number of aryl methyl sites for hydroxylation is 1. The molecule has 1 nitrogen and oxygen atoms in total. The van der Waals surface area contributed by atoms with Gasteiger partial charge in [-0.2, -0.15) is 0 Å². The Hall–Kier alpha value is -1.50. The molecule has 1 aliphatic rings. The van der Waals surface area contributed by atoms with Crippen molar-refractivity contribution in [1.82, 2.24) is 4.98 Å². The zero-order valence-electron chi connectivity index (χ0n) is 8.30. The van der Waals surface area contributed by atoms with E-state index < -0.39 is 0 Å². The number of hydrogen-bond acceptors (Lipinski definition) is 0. The fourth-order valence-electron chi connectivity index (χ4n) is 2.30. The van der Waals surface area contributed by atoms with Gasteiger partial charge in [-0.25, -0.2) is 0 Å². The normalized spacial score (nSPS) is 14.6. The van der Waals surface area contributed by atoms with Crippen LogP contribution < -0.4 is 10.6 Å². The first-order valence-electron chi connectivity index (χ1n) is 5.14. The number of H-pyrrole nitrogens is 1. The lowest BCUT2D eigenvalue weighted by Gasteiger charge is -1.96. The highest BCUT2D eigenvalue weighted by Crippen LogP contribution is 2.11. The molecule has 0 unspecified atom stereocenters. The van der Waals surface area contributed by atoms with Crippen LogP contribution in [0.25, 0.3) is 23.1 Å². The topological polar surface area (TPSA) is 15.8 Å². The van der Waals surface area contributed by atoms with Crippen molar-refractivity contribution in [1.29, 1.82) is 0 Å². The van der Waals surface area contributed by atoms with Gasteiger partial charge in [-0.1, -0.05) is 24.3 Å². The van der Waals surface area contributed by atoms with E-state index in [1.807, 2.05) is 0 Å². The third-order valence-electron chi connectivity index (χ3n) is 2.97. The Morgan fingerprint density at radius 2 is 2.00 bits per heavy atom. The molecule has 0 atom stereocenters.